The molecular weight excluding hydrogens is 456 g/mol. The summed E-state index contributed by atoms with van der Waals surface area (Å²) in [4.78, 5) is 38.3. The number of piperazine rings is 1. The van der Waals surface area contributed by atoms with Crippen molar-refractivity contribution in [2.75, 3.05) is 36.4 Å². The minimum absolute atomic E-state index is 0.176. The van der Waals surface area contributed by atoms with Crippen LogP contribution in [-0.2, 0) is 6.54 Å². The van der Waals surface area contributed by atoms with E-state index in [0.29, 0.717) is 5.69 Å². The van der Waals surface area contributed by atoms with Crippen LogP contribution in [0.1, 0.15) is 36.8 Å². The molecule has 1 aromatic heterocycles. The molecule has 2 heterocycles. The van der Waals surface area contributed by atoms with Crippen molar-refractivity contribution >= 4 is 23.5 Å². The normalized spacial score (nSPS) is 14.2. The zero-order valence-electron chi connectivity index (χ0n) is 20.9. The number of amides is 2. The van der Waals surface area contributed by atoms with E-state index in [1.165, 1.54) is 11.8 Å². The zero-order chi connectivity index (χ0) is 25.5. The lowest BCUT2D eigenvalue weighted by Crippen LogP contribution is -2.46. The molecule has 0 radical (unpaired) electrons. The fourth-order valence-electron chi connectivity index (χ4n) is 3.86. The Morgan fingerprint density at radius 1 is 0.917 bits per heavy atom. The van der Waals surface area contributed by atoms with Gasteiger partial charge in [0, 0.05) is 38.3 Å². The highest BCUT2D eigenvalue weighted by atomic mass is 16.6. The molecule has 9 heteroatoms. The zero-order valence-corrected chi connectivity index (χ0v) is 20.9. The monoisotopic (exact) mass is 488 g/mol. The molecule has 1 aliphatic heterocycles. The Kier molecular flexibility index (Phi) is 7.80. The summed E-state index contributed by atoms with van der Waals surface area (Å²) in [5.41, 5.74) is 1.41. The van der Waals surface area contributed by atoms with Crippen LogP contribution in [0.4, 0.5) is 16.3 Å². The van der Waals surface area contributed by atoms with Gasteiger partial charge in [0.1, 0.15) is 11.5 Å². The molecule has 3 aromatic rings. The summed E-state index contributed by atoms with van der Waals surface area (Å²) in [6.07, 6.45) is 2.50. The average Bonchev–Trinajstić information content (AvgIpc) is 2.85. The summed E-state index contributed by atoms with van der Waals surface area (Å²) >= 11 is 0. The van der Waals surface area contributed by atoms with Gasteiger partial charge in [-0.15, -0.1) is 0 Å². The molecule has 2 amide bonds. The molecule has 2 aromatic carbocycles. The Morgan fingerprint density at radius 3 is 2.28 bits per heavy atom. The van der Waals surface area contributed by atoms with Crippen LogP contribution in [0.25, 0.3) is 0 Å². The van der Waals surface area contributed by atoms with Crippen molar-refractivity contribution in [2.45, 2.75) is 32.9 Å². The van der Waals surface area contributed by atoms with Crippen molar-refractivity contribution in [2.24, 2.45) is 0 Å². The maximum absolute atomic E-state index is 12.8. The van der Waals surface area contributed by atoms with Crippen molar-refractivity contribution in [3.63, 3.8) is 0 Å². The summed E-state index contributed by atoms with van der Waals surface area (Å²) in [6.45, 7) is 10.0. The Hall–Kier alpha value is -3.98. The molecule has 4 rings (SSSR count). The van der Waals surface area contributed by atoms with E-state index in [9.17, 15) is 9.59 Å². The lowest BCUT2D eigenvalue weighted by atomic mass is 10.1. The first-order chi connectivity index (χ1) is 17.3. The molecule has 1 aliphatic rings. The molecule has 0 spiro atoms. The van der Waals surface area contributed by atoms with Crippen LogP contribution < -0.4 is 20.3 Å². The molecule has 36 heavy (non-hydrogen) atoms. The number of carbonyl (C=O) groups is 2. The SMILES string of the molecule is CC(C)(C)NC(=O)Oc1ccccc1NC(=O)c1cnc(N2CCN(Cc3ccccc3)CC2)cn1. The van der Waals surface area contributed by atoms with Gasteiger partial charge in [0.25, 0.3) is 5.91 Å². The number of rotatable bonds is 6. The van der Waals surface area contributed by atoms with Gasteiger partial charge in [-0.25, -0.2) is 14.8 Å². The van der Waals surface area contributed by atoms with E-state index in [2.05, 4.69) is 54.7 Å². The number of nitrogens with one attached hydrogen (secondary N) is 2. The number of ether oxygens (including phenoxy) is 1. The van der Waals surface area contributed by atoms with Crippen LogP contribution in [0.3, 0.4) is 0 Å². The quantitative estimate of drug-likeness (QED) is 0.542. The standard InChI is InChI=1S/C27H32N6O3/c1-27(2,3)31-26(35)36-23-12-8-7-11-21(23)30-25(34)22-17-29-24(18-28-22)33-15-13-32(14-16-33)19-20-9-5-4-6-10-20/h4-12,17-18H,13-16,19H2,1-3H3,(H,30,34)(H,31,35). The number of carbonyl (C=O) groups excluding carboxylic acids is 2. The number of hydrogen-bond acceptors (Lipinski definition) is 7. The fourth-order valence-corrected chi connectivity index (χ4v) is 3.86. The van der Waals surface area contributed by atoms with E-state index in [-0.39, 0.29) is 11.4 Å². The van der Waals surface area contributed by atoms with E-state index in [1.807, 2.05) is 26.8 Å². The minimum atomic E-state index is -0.600. The maximum atomic E-state index is 12.8. The first kappa shape index (κ1) is 25.1. The van der Waals surface area contributed by atoms with Gasteiger partial charge >= 0.3 is 6.09 Å². The second-order valence-corrected chi connectivity index (χ2v) is 9.72. The molecule has 0 saturated carbocycles. The van der Waals surface area contributed by atoms with Crippen LogP contribution in [0, 0.1) is 0 Å². The number of anilines is 2. The molecule has 0 aliphatic carbocycles. The predicted octanol–water partition coefficient (Wildman–Crippen LogP) is 3.94. The molecule has 1 saturated heterocycles. The molecule has 9 nitrogen and oxygen atoms in total. The van der Waals surface area contributed by atoms with Gasteiger partial charge in [-0.1, -0.05) is 42.5 Å². The first-order valence-electron chi connectivity index (χ1n) is 12.0. The van der Waals surface area contributed by atoms with Crippen molar-refractivity contribution in [1.29, 1.82) is 0 Å². The molecular formula is C27H32N6O3. The third-order valence-electron chi connectivity index (χ3n) is 5.63. The Bertz CT molecular complexity index is 1170. The van der Waals surface area contributed by atoms with E-state index < -0.39 is 17.5 Å². The number of nitrogens with zero attached hydrogens (tertiary/aromatic N) is 4. The Morgan fingerprint density at radius 2 is 1.61 bits per heavy atom. The molecule has 1 fully saturated rings. The topological polar surface area (TPSA) is 99.7 Å². The lowest BCUT2D eigenvalue weighted by molar-refractivity contribution is 0.102. The minimum Gasteiger partial charge on any atom is -0.408 e. The number of hydrogen-bond donors (Lipinski definition) is 2. The van der Waals surface area contributed by atoms with Crippen molar-refractivity contribution < 1.29 is 14.3 Å². The summed E-state index contributed by atoms with van der Waals surface area (Å²) in [7, 11) is 0. The Labute approximate surface area is 211 Å². The molecule has 188 valence electrons. The first-order valence-corrected chi connectivity index (χ1v) is 12.0. The largest absolute Gasteiger partial charge is 0.413 e. The predicted molar refractivity (Wildman–Crippen MR) is 139 cm³/mol. The van der Waals surface area contributed by atoms with Gasteiger partial charge in [0.15, 0.2) is 5.75 Å². The van der Waals surface area contributed by atoms with E-state index in [0.717, 1.165) is 38.5 Å². The summed E-state index contributed by atoms with van der Waals surface area (Å²) in [5.74, 6) is 0.549. The highest BCUT2D eigenvalue weighted by Gasteiger charge is 2.20. The Balaban J connectivity index is 1.33. The smallest absolute Gasteiger partial charge is 0.408 e. The second kappa shape index (κ2) is 11.2. The number of aromatic nitrogens is 2. The van der Waals surface area contributed by atoms with Crippen LogP contribution >= 0.6 is 0 Å². The van der Waals surface area contributed by atoms with Gasteiger partial charge in [0.05, 0.1) is 18.1 Å². The number of para-hydroxylation sites is 2. The third-order valence-corrected chi connectivity index (χ3v) is 5.63. The molecule has 0 bridgehead atoms. The van der Waals surface area contributed by atoms with E-state index in [4.69, 9.17) is 4.74 Å². The number of benzene rings is 2. The summed E-state index contributed by atoms with van der Waals surface area (Å²) < 4.78 is 5.39. The van der Waals surface area contributed by atoms with Crippen molar-refractivity contribution in [3.05, 3.63) is 78.2 Å². The summed E-state index contributed by atoms with van der Waals surface area (Å²) in [5, 5.41) is 5.48. The van der Waals surface area contributed by atoms with Gasteiger partial charge in [0.2, 0.25) is 0 Å². The van der Waals surface area contributed by atoms with E-state index in [1.54, 1.807) is 30.5 Å². The van der Waals surface area contributed by atoms with Gasteiger partial charge in [-0.05, 0) is 38.5 Å². The van der Waals surface area contributed by atoms with Crippen LogP contribution in [0.2, 0.25) is 0 Å². The highest BCUT2D eigenvalue weighted by Crippen LogP contribution is 2.25. The third kappa shape index (κ3) is 7.02. The summed E-state index contributed by atoms with van der Waals surface area (Å²) in [6, 6.07) is 17.2. The van der Waals surface area contributed by atoms with Gasteiger partial charge in [-0.3, -0.25) is 9.69 Å². The van der Waals surface area contributed by atoms with E-state index >= 15 is 0 Å². The lowest BCUT2D eigenvalue weighted by Gasteiger charge is -2.35. The maximum Gasteiger partial charge on any atom is 0.413 e. The average molecular weight is 489 g/mol. The van der Waals surface area contributed by atoms with Crippen LogP contribution in [0.15, 0.2) is 67.0 Å². The van der Waals surface area contributed by atoms with Crippen molar-refractivity contribution in [3.8, 4) is 5.75 Å². The van der Waals surface area contributed by atoms with Crippen LogP contribution in [-0.4, -0.2) is 58.6 Å². The molecule has 0 unspecified atom stereocenters. The fraction of sp³-hybridized carbons (Fsp3) is 0.333. The van der Waals surface area contributed by atoms with Gasteiger partial charge < -0.3 is 20.3 Å². The van der Waals surface area contributed by atoms with Crippen molar-refractivity contribution in [1.82, 2.24) is 20.2 Å². The van der Waals surface area contributed by atoms with Gasteiger partial charge in [-0.2, -0.15) is 0 Å². The molecule has 2 N–H and O–H groups in total. The highest BCUT2D eigenvalue weighted by molar-refractivity contribution is 6.03. The van der Waals surface area contributed by atoms with Crippen LogP contribution in [0.5, 0.6) is 5.75 Å². The molecule has 0 atom stereocenters. The second-order valence-electron chi connectivity index (χ2n) is 9.72.